The zero-order chi connectivity index (χ0) is 44.3. The molecule has 0 aliphatic heterocycles. The van der Waals surface area contributed by atoms with E-state index >= 15 is 0 Å². The molecule has 0 fully saturated rings. The number of fused-ring (bicyclic) bond motifs is 3. The summed E-state index contributed by atoms with van der Waals surface area (Å²) in [5.41, 5.74) is 15.9. The lowest BCUT2D eigenvalue weighted by Gasteiger charge is -2.37. The fraction of sp³-hybridized carbons (Fsp3) is 0.213. The van der Waals surface area contributed by atoms with Crippen LogP contribution in [-0.2, 0) is 16.2 Å². The van der Waals surface area contributed by atoms with E-state index in [1.54, 1.807) is 0 Å². The van der Waals surface area contributed by atoms with Gasteiger partial charge in [-0.05, 0) is 141 Å². The molecule has 0 aromatic heterocycles. The van der Waals surface area contributed by atoms with Crippen molar-refractivity contribution in [1.82, 2.24) is 0 Å². The van der Waals surface area contributed by atoms with Gasteiger partial charge in [-0.15, -0.1) is 0 Å². The zero-order valence-electron chi connectivity index (χ0n) is 38.0. The maximum atomic E-state index is 10.3. The Morgan fingerprint density at radius 3 is 1.06 bits per heavy atom. The third kappa shape index (κ3) is 7.84. The predicted molar refractivity (Wildman–Crippen MR) is 270 cm³/mol. The summed E-state index contributed by atoms with van der Waals surface area (Å²) in [6, 6.07) is 75.8. The Morgan fingerprint density at radius 2 is 0.734 bits per heavy atom. The summed E-state index contributed by atoms with van der Waals surface area (Å²) in [5.74, 6) is 0. The molecule has 3 heteroatoms. The summed E-state index contributed by atoms with van der Waals surface area (Å²) in [4.78, 5) is 4.68. The molecular formula is C61H60N2O. The van der Waals surface area contributed by atoms with Gasteiger partial charge in [-0.2, -0.15) is 0 Å². The van der Waals surface area contributed by atoms with Crippen LogP contribution in [0, 0.1) is 0 Å². The smallest absolute Gasteiger partial charge is 0.0713 e. The highest BCUT2D eigenvalue weighted by atomic mass is 16.3. The Morgan fingerprint density at radius 1 is 0.406 bits per heavy atom. The summed E-state index contributed by atoms with van der Waals surface area (Å²) in [6.07, 6.45) is 4.14. The van der Waals surface area contributed by atoms with Gasteiger partial charge < -0.3 is 14.9 Å². The number of aliphatic hydroxyl groups is 1. The first-order valence-electron chi connectivity index (χ1n) is 23.1. The Labute approximate surface area is 381 Å². The molecule has 0 atom stereocenters. The van der Waals surface area contributed by atoms with Crippen LogP contribution in [-0.4, -0.2) is 11.7 Å². The van der Waals surface area contributed by atoms with Crippen molar-refractivity contribution in [2.75, 3.05) is 16.4 Å². The lowest BCUT2D eigenvalue weighted by atomic mass is 9.66. The van der Waals surface area contributed by atoms with E-state index in [0.29, 0.717) is 6.42 Å². The van der Waals surface area contributed by atoms with Crippen LogP contribution < -0.4 is 9.80 Å². The minimum Gasteiger partial charge on any atom is -0.396 e. The van der Waals surface area contributed by atoms with E-state index in [0.717, 1.165) is 40.5 Å². The van der Waals surface area contributed by atoms with Crippen LogP contribution in [0.2, 0.25) is 0 Å². The zero-order valence-corrected chi connectivity index (χ0v) is 38.0. The standard InChI is InChI=1S/C61H60N2O/c1-6-7-40-59(2,3)47-32-38-55-56-39-33-48(60(4,5)41-42-64)44-58(56)61(57(55)43-47,45-28-34-53(35-29-45)62(49-20-12-8-13-21-49)50-22-14-9-15-23-50)46-30-36-54(37-31-46)63(51-24-16-10-17-25-51)52-26-18-11-19-27-52/h8-39,43-44,64H,6-7,40-42H2,1-5H3. The molecule has 0 saturated heterocycles. The van der Waals surface area contributed by atoms with Crippen molar-refractivity contribution in [2.24, 2.45) is 0 Å². The Hall–Kier alpha value is -6.68. The molecule has 3 nitrogen and oxygen atoms in total. The summed E-state index contributed by atoms with van der Waals surface area (Å²) >= 11 is 0. The molecule has 320 valence electrons. The van der Waals surface area contributed by atoms with Crippen LogP contribution in [0.25, 0.3) is 11.1 Å². The van der Waals surface area contributed by atoms with Crippen molar-refractivity contribution in [3.8, 4) is 11.1 Å². The molecule has 0 heterocycles. The number of anilines is 6. The average Bonchev–Trinajstić information content (AvgIpc) is 3.63. The van der Waals surface area contributed by atoms with E-state index in [1.807, 2.05) is 0 Å². The van der Waals surface area contributed by atoms with Gasteiger partial charge in [0.15, 0.2) is 0 Å². The van der Waals surface area contributed by atoms with Gasteiger partial charge in [0.2, 0.25) is 0 Å². The number of hydrogen-bond acceptors (Lipinski definition) is 3. The predicted octanol–water partition coefficient (Wildman–Crippen LogP) is 16.1. The highest BCUT2D eigenvalue weighted by molar-refractivity contribution is 5.88. The van der Waals surface area contributed by atoms with E-state index in [9.17, 15) is 5.11 Å². The number of hydrogen-bond donors (Lipinski definition) is 1. The van der Waals surface area contributed by atoms with Crippen molar-refractivity contribution in [3.63, 3.8) is 0 Å². The highest BCUT2D eigenvalue weighted by Gasteiger charge is 2.47. The van der Waals surface area contributed by atoms with Gasteiger partial charge in [0, 0.05) is 40.7 Å². The minimum atomic E-state index is -0.654. The van der Waals surface area contributed by atoms with Gasteiger partial charge in [0.1, 0.15) is 0 Å². The average molecular weight is 837 g/mol. The maximum absolute atomic E-state index is 10.3. The lowest BCUT2D eigenvalue weighted by Crippen LogP contribution is -2.30. The van der Waals surface area contributed by atoms with Crippen molar-refractivity contribution in [2.45, 2.75) is 76.5 Å². The second kappa shape index (κ2) is 17.8. The largest absolute Gasteiger partial charge is 0.396 e. The van der Waals surface area contributed by atoms with Crippen LogP contribution >= 0.6 is 0 Å². The summed E-state index contributed by atoms with van der Waals surface area (Å²) in [6.45, 7) is 11.8. The third-order valence-corrected chi connectivity index (χ3v) is 13.8. The molecule has 0 bridgehead atoms. The monoisotopic (exact) mass is 836 g/mol. The molecule has 0 saturated carbocycles. The van der Waals surface area contributed by atoms with E-state index in [1.165, 1.54) is 57.3 Å². The molecule has 8 aromatic carbocycles. The molecular weight excluding hydrogens is 777 g/mol. The molecule has 0 unspecified atom stereocenters. The number of rotatable bonds is 15. The number of unbranched alkanes of at least 4 members (excludes halogenated alkanes) is 1. The SMILES string of the molecule is CCCCC(C)(C)c1ccc2c(c1)C(c1ccc(N(c3ccccc3)c3ccccc3)cc1)(c1ccc(N(c3ccccc3)c3ccccc3)cc1)c1cc(C(C)(C)CCO)ccc1-2. The van der Waals surface area contributed by atoms with Gasteiger partial charge in [0.05, 0.1) is 5.41 Å². The van der Waals surface area contributed by atoms with Gasteiger partial charge in [-0.25, -0.2) is 0 Å². The van der Waals surface area contributed by atoms with Crippen molar-refractivity contribution < 1.29 is 5.11 Å². The molecule has 0 radical (unpaired) electrons. The molecule has 64 heavy (non-hydrogen) atoms. The summed E-state index contributed by atoms with van der Waals surface area (Å²) in [5, 5.41) is 10.3. The van der Waals surface area contributed by atoms with Gasteiger partial charge >= 0.3 is 0 Å². The van der Waals surface area contributed by atoms with Crippen LogP contribution in [0.3, 0.4) is 0 Å². The van der Waals surface area contributed by atoms with Gasteiger partial charge in [0.25, 0.3) is 0 Å². The van der Waals surface area contributed by atoms with E-state index in [2.05, 4.69) is 251 Å². The minimum absolute atomic E-state index is 0.00865. The molecule has 8 aromatic rings. The van der Waals surface area contributed by atoms with Crippen molar-refractivity contribution >= 4 is 34.1 Å². The first-order valence-corrected chi connectivity index (χ1v) is 23.1. The van der Waals surface area contributed by atoms with E-state index < -0.39 is 5.41 Å². The second-order valence-corrected chi connectivity index (χ2v) is 18.7. The van der Waals surface area contributed by atoms with Crippen LogP contribution in [0.5, 0.6) is 0 Å². The summed E-state index contributed by atoms with van der Waals surface area (Å²) < 4.78 is 0. The molecule has 1 aliphatic rings. The highest BCUT2D eigenvalue weighted by Crippen LogP contribution is 2.58. The number of benzene rings is 8. The molecule has 9 rings (SSSR count). The lowest BCUT2D eigenvalue weighted by molar-refractivity contribution is 0.252. The molecule has 1 aliphatic carbocycles. The van der Waals surface area contributed by atoms with Crippen molar-refractivity contribution in [3.05, 3.63) is 240 Å². The van der Waals surface area contributed by atoms with Gasteiger partial charge in [-0.1, -0.05) is 181 Å². The fourth-order valence-electron chi connectivity index (χ4n) is 10.1. The normalized spacial score (nSPS) is 13.0. The topological polar surface area (TPSA) is 26.7 Å². The third-order valence-electron chi connectivity index (χ3n) is 13.8. The quantitative estimate of drug-likeness (QED) is 0.111. The van der Waals surface area contributed by atoms with Gasteiger partial charge in [-0.3, -0.25) is 0 Å². The summed E-state index contributed by atoms with van der Waals surface area (Å²) in [7, 11) is 0. The van der Waals surface area contributed by atoms with Crippen LogP contribution in [0.4, 0.5) is 34.1 Å². The van der Waals surface area contributed by atoms with Crippen molar-refractivity contribution in [1.29, 1.82) is 0 Å². The Kier molecular flexibility index (Phi) is 11.9. The van der Waals surface area contributed by atoms with Crippen LogP contribution in [0.1, 0.15) is 93.7 Å². The molecule has 0 spiro atoms. The Balaban J connectivity index is 1.31. The van der Waals surface area contributed by atoms with Crippen LogP contribution in [0.15, 0.2) is 206 Å². The first kappa shape index (κ1) is 42.6. The fourth-order valence-corrected chi connectivity index (χ4v) is 10.1. The van der Waals surface area contributed by atoms with E-state index in [-0.39, 0.29) is 17.4 Å². The molecule has 1 N–H and O–H groups in total. The first-order chi connectivity index (χ1) is 31.2. The second-order valence-electron chi connectivity index (χ2n) is 18.7. The maximum Gasteiger partial charge on any atom is 0.0713 e. The number of aliphatic hydroxyl groups excluding tert-OH is 1. The number of nitrogens with zero attached hydrogens (tertiary/aromatic N) is 2. The molecule has 0 amide bonds. The Bertz CT molecular complexity index is 2590. The van der Waals surface area contributed by atoms with E-state index in [4.69, 9.17) is 0 Å². The number of para-hydroxylation sites is 4.